The van der Waals surface area contributed by atoms with E-state index in [2.05, 4.69) is 22.7 Å². The Kier molecular flexibility index (Phi) is 6.45. The van der Waals surface area contributed by atoms with E-state index in [-0.39, 0.29) is 12.1 Å². The molecule has 0 radical (unpaired) electrons. The number of hydrogen-bond donors (Lipinski definition) is 2. The van der Waals surface area contributed by atoms with E-state index < -0.39 is 0 Å². The molecule has 2 N–H and O–H groups in total. The lowest BCUT2D eigenvalue weighted by Crippen LogP contribution is -2.39. The minimum Gasteiger partial charge on any atom is -0.376 e. The molecule has 0 aliphatic heterocycles. The number of hydrogen-bond acceptors (Lipinski definition) is 3. The van der Waals surface area contributed by atoms with Crippen LogP contribution in [-0.2, 0) is 11.8 Å². The number of nitrogens with one attached hydrogen (secondary N) is 2. The van der Waals surface area contributed by atoms with Crippen molar-refractivity contribution in [3.8, 4) is 0 Å². The number of nitrogens with zero attached hydrogens (tertiary/aromatic N) is 2. The number of carbonyl (C=O) groups is 1. The van der Waals surface area contributed by atoms with Crippen molar-refractivity contribution in [2.75, 3.05) is 13.2 Å². The zero-order valence-corrected chi connectivity index (χ0v) is 14.8. The SMILES string of the molecule is Cc1nn(C)cc1[C@H](C)NC(=O)NCCO[C@H]1CCCC[C@@H]1C. The Balaban J connectivity index is 1.66. The summed E-state index contributed by atoms with van der Waals surface area (Å²) in [4.78, 5) is 12.0. The van der Waals surface area contributed by atoms with Gasteiger partial charge in [-0.3, -0.25) is 4.68 Å². The first-order chi connectivity index (χ1) is 11.0. The summed E-state index contributed by atoms with van der Waals surface area (Å²) < 4.78 is 7.67. The monoisotopic (exact) mass is 322 g/mol. The Labute approximate surface area is 139 Å². The average Bonchev–Trinajstić information content (AvgIpc) is 2.84. The highest BCUT2D eigenvalue weighted by Crippen LogP contribution is 2.25. The standard InChI is InChI=1S/C17H30N4O2/c1-12-7-5-6-8-16(12)23-10-9-18-17(22)19-13(2)15-11-21(4)20-14(15)3/h11-13,16H,5-10H2,1-4H3,(H2,18,19,22)/t12-,13-,16-/m0/s1. The topological polar surface area (TPSA) is 68.2 Å². The maximum Gasteiger partial charge on any atom is 0.315 e. The normalized spacial score (nSPS) is 22.6. The highest BCUT2D eigenvalue weighted by Gasteiger charge is 2.21. The minimum absolute atomic E-state index is 0.0667. The number of aryl methyl sites for hydroxylation is 2. The summed E-state index contributed by atoms with van der Waals surface area (Å²) in [6, 6.07) is -0.232. The Bertz CT molecular complexity index is 515. The smallest absolute Gasteiger partial charge is 0.315 e. The van der Waals surface area contributed by atoms with Gasteiger partial charge in [-0.25, -0.2) is 4.79 Å². The largest absolute Gasteiger partial charge is 0.376 e. The molecule has 0 saturated heterocycles. The molecule has 0 aromatic carbocycles. The molecule has 0 bridgehead atoms. The average molecular weight is 322 g/mol. The third kappa shape index (κ3) is 5.23. The molecule has 130 valence electrons. The van der Waals surface area contributed by atoms with Crippen LogP contribution >= 0.6 is 0 Å². The second kappa shape index (κ2) is 8.34. The van der Waals surface area contributed by atoms with Gasteiger partial charge in [0.05, 0.1) is 24.4 Å². The van der Waals surface area contributed by atoms with Crippen LogP contribution in [0.25, 0.3) is 0 Å². The van der Waals surface area contributed by atoms with Gasteiger partial charge in [-0.1, -0.05) is 19.8 Å². The Morgan fingerprint density at radius 1 is 1.48 bits per heavy atom. The highest BCUT2D eigenvalue weighted by atomic mass is 16.5. The summed E-state index contributed by atoms with van der Waals surface area (Å²) in [5, 5.41) is 10.1. The van der Waals surface area contributed by atoms with Crippen LogP contribution in [0, 0.1) is 12.8 Å². The van der Waals surface area contributed by atoms with Crippen LogP contribution < -0.4 is 10.6 Å². The van der Waals surface area contributed by atoms with Gasteiger partial charge in [0.15, 0.2) is 0 Å². The Morgan fingerprint density at radius 3 is 2.87 bits per heavy atom. The molecular formula is C17H30N4O2. The third-order valence-corrected chi connectivity index (χ3v) is 4.62. The van der Waals surface area contributed by atoms with Gasteiger partial charge in [-0.15, -0.1) is 0 Å². The molecule has 3 atom stereocenters. The molecule has 1 aliphatic rings. The molecule has 1 saturated carbocycles. The van der Waals surface area contributed by atoms with Gasteiger partial charge >= 0.3 is 6.03 Å². The predicted molar refractivity (Wildman–Crippen MR) is 90.3 cm³/mol. The minimum atomic E-state index is -0.166. The van der Waals surface area contributed by atoms with Gasteiger partial charge in [0.2, 0.25) is 0 Å². The number of amides is 2. The van der Waals surface area contributed by atoms with Gasteiger partial charge in [-0.2, -0.15) is 5.10 Å². The van der Waals surface area contributed by atoms with E-state index in [0.29, 0.717) is 25.2 Å². The van der Waals surface area contributed by atoms with E-state index >= 15 is 0 Å². The van der Waals surface area contributed by atoms with Crippen LogP contribution in [0.1, 0.15) is 56.8 Å². The first-order valence-corrected chi connectivity index (χ1v) is 8.63. The Hall–Kier alpha value is -1.56. The first kappa shape index (κ1) is 17.8. The van der Waals surface area contributed by atoms with E-state index in [1.54, 1.807) is 4.68 Å². The fraction of sp³-hybridized carbons (Fsp3) is 0.765. The molecule has 2 rings (SSSR count). The molecule has 1 fully saturated rings. The molecule has 23 heavy (non-hydrogen) atoms. The van der Waals surface area contributed by atoms with Gasteiger partial charge < -0.3 is 15.4 Å². The molecule has 6 heteroatoms. The van der Waals surface area contributed by atoms with Gasteiger partial charge in [0, 0.05) is 25.4 Å². The van der Waals surface area contributed by atoms with Crippen LogP contribution in [0.5, 0.6) is 0 Å². The summed E-state index contributed by atoms with van der Waals surface area (Å²) in [7, 11) is 1.88. The quantitative estimate of drug-likeness (QED) is 0.791. The third-order valence-electron chi connectivity index (χ3n) is 4.62. The fourth-order valence-electron chi connectivity index (χ4n) is 3.27. The van der Waals surface area contributed by atoms with Crippen molar-refractivity contribution in [1.29, 1.82) is 0 Å². The first-order valence-electron chi connectivity index (χ1n) is 8.63. The van der Waals surface area contributed by atoms with Gasteiger partial charge in [0.25, 0.3) is 0 Å². The van der Waals surface area contributed by atoms with Gasteiger partial charge in [0.1, 0.15) is 0 Å². The highest BCUT2D eigenvalue weighted by molar-refractivity contribution is 5.74. The zero-order chi connectivity index (χ0) is 16.8. The van der Waals surface area contributed by atoms with Gasteiger partial charge in [-0.05, 0) is 32.6 Å². The number of rotatable bonds is 6. The number of carbonyl (C=O) groups excluding carboxylic acids is 1. The molecule has 1 aromatic rings. The van der Waals surface area contributed by atoms with Crippen LogP contribution in [-0.4, -0.2) is 35.1 Å². The summed E-state index contributed by atoms with van der Waals surface area (Å²) in [6.07, 6.45) is 7.25. The van der Waals surface area contributed by atoms with Crippen LogP contribution in [0.3, 0.4) is 0 Å². The fourth-order valence-corrected chi connectivity index (χ4v) is 3.27. The van der Waals surface area contributed by atoms with Crippen molar-refractivity contribution >= 4 is 6.03 Å². The van der Waals surface area contributed by atoms with Crippen LogP contribution in [0.15, 0.2) is 6.20 Å². The summed E-state index contributed by atoms with van der Waals surface area (Å²) in [5.41, 5.74) is 1.98. The van der Waals surface area contributed by atoms with E-state index in [0.717, 1.165) is 17.7 Å². The maximum atomic E-state index is 12.0. The summed E-state index contributed by atoms with van der Waals surface area (Å²) in [5.74, 6) is 0.631. The predicted octanol–water partition coefficient (Wildman–Crippen LogP) is 2.68. The van der Waals surface area contributed by atoms with E-state index in [1.165, 1.54) is 19.3 Å². The van der Waals surface area contributed by atoms with Crippen molar-refractivity contribution in [1.82, 2.24) is 20.4 Å². The Morgan fingerprint density at radius 2 is 2.22 bits per heavy atom. The van der Waals surface area contributed by atoms with Crippen molar-refractivity contribution in [3.63, 3.8) is 0 Å². The summed E-state index contributed by atoms with van der Waals surface area (Å²) in [6.45, 7) is 7.27. The number of aromatic nitrogens is 2. The lowest BCUT2D eigenvalue weighted by Gasteiger charge is -2.28. The molecule has 6 nitrogen and oxygen atoms in total. The van der Waals surface area contributed by atoms with Crippen molar-refractivity contribution in [2.24, 2.45) is 13.0 Å². The van der Waals surface area contributed by atoms with E-state index in [1.807, 2.05) is 27.1 Å². The number of urea groups is 1. The lowest BCUT2D eigenvalue weighted by atomic mass is 9.88. The van der Waals surface area contributed by atoms with Crippen molar-refractivity contribution in [2.45, 2.75) is 58.6 Å². The molecule has 1 aromatic heterocycles. The maximum absolute atomic E-state index is 12.0. The molecule has 0 spiro atoms. The van der Waals surface area contributed by atoms with E-state index in [4.69, 9.17) is 4.74 Å². The molecule has 1 heterocycles. The molecule has 2 amide bonds. The molecular weight excluding hydrogens is 292 g/mol. The summed E-state index contributed by atoms with van der Waals surface area (Å²) >= 11 is 0. The second-order valence-electron chi connectivity index (χ2n) is 6.64. The van der Waals surface area contributed by atoms with Crippen LogP contribution in [0.2, 0.25) is 0 Å². The second-order valence-corrected chi connectivity index (χ2v) is 6.64. The molecule has 1 aliphatic carbocycles. The molecule has 0 unspecified atom stereocenters. The van der Waals surface area contributed by atoms with E-state index in [9.17, 15) is 4.79 Å². The van der Waals surface area contributed by atoms with Crippen LogP contribution in [0.4, 0.5) is 4.79 Å². The van der Waals surface area contributed by atoms with Crippen molar-refractivity contribution < 1.29 is 9.53 Å². The van der Waals surface area contributed by atoms with Crippen molar-refractivity contribution in [3.05, 3.63) is 17.5 Å². The lowest BCUT2D eigenvalue weighted by molar-refractivity contribution is -0.00244. The zero-order valence-electron chi connectivity index (χ0n) is 14.8. The number of ether oxygens (including phenoxy) is 1.